The van der Waals surface area contributed by atoms with Crippen LogP contribution in [-0.2, 0) is 13.0 Å². The third-order valence-corrected chi connectivity index (χ3v) is 4.34. The highest BCUT2D eigenvalue weighted by molar-refractivity contribution is 5.85. The van der Waals surface area contributed by atoms with Crippen molar-refractivity contribution in [2.75, 3.05) is 19.7 Å². The van der Waals surface area contributed by atoms with E-state index in [0.717, 1.165) is 25.9 Å². The topological polar surface area (TPSA) is 53.8 Å². The quantitative estimate of drug-likeness (QED) is 0.789. The third-order valence-electron chi connectivity index (χ3n) is 4.34. The van der Waals surface area contributed by atoms with Crippen molar-refractivity contribution in [2.45, 2.75) is 19.4 Å². The maximum atomic E-state index is 10.7. The molecule has 2 aromatic carbocycles. The molecule has 4 nitrogen and oxygen atoms in total. The van der Waals surface area contributed by atoms with Crippen molar-refractivity contribution >= 4 is 5.97 Å². The Morgan fingerprint density at radius 1 is 1.09 bits per heavy atom. The Morgan fingerprint density at radius 3 is 2.57 bits per heavy atom. The van der Waals surface area contributed by atoms with Crippen molar-refractivity contribution in [1.82, 2.24) is 0 Å². The fourth-order valence-corrected chi connectivity index (χ4v) is 3.06. The summed E-state index contributed by atoms with van der Waals surface area (Å²) < 4.78 is 5.67. The lowest BCUT2D eigenvalue weighted by atomic mass is 10.00. The molecule has 0 aliphatic carbocycles. The molecule has 120 valence electrons. The monoisotopic (exact) mass is 311 g/mol. The van der Waals surface area contributed by atoms with Crippen LogP contribution in [0, 0.1) is 0 Å². The van der Waals surface area contributed by atoms with Crippen LogP contribution in [0.15, 0.2) is 48.5 Å². The summed E-state index contributed by atoms with van der Waals surface area (Å²) in [5.74, 6) is -0.459. The first-order chi connectivity index (χ1) is 11.2. The Kier molecular flexibility index (Phi) is 4.93. The molecular formula is C19H21NO3. The Bertz CT molecular complexity index is 667. The Balaban J connectivity index is 1.41. The number of carboxylic acids is 1. The van der Waals surface area contributed by atoms with Crippen molar-refractivity contribution < 1.29 is 19.5 Å². The number of carbonyl (C=O) groups is 1. The van der Waals surface area contributed by atoms with Gasteiger partial charge in [-0.15, -0.1) is 0 Å². The van der Waals surface area contributed by atoms with Gasteiger partial charge in [0.2, 0.25) is 0 Å². The summed E-state index contributed by atoms with van der Waals surface area (Å²) >= 11 is 0. The van der Waals surface area contributed by atoms with Crippen molar-refractivity contribution in [3.63, 3.8) is 0 Å². The number of aromatic carboxylic acids is 1. The van der Waals surface area contributed by atoms with Gasteiger partial charge in [-0.3, -0.25) is 0 Å². The summed E-state index contributed by atoms with van der Waals surface area (Å²) in [4.78, 5) is 12.3. The molecule has 23 heavy (non-hydrogen) atoms. The molecule has 0 aromatic heterocycles. The molecule has 1 unspecified atom stereocenters. The number of carboxylic acid groups (broad SMARTS) is 1. The van der Waals surface area contributed by atoms with Gasteiger partial charge in [-0.25, -0.2) is 0 Å². The van der Waals surface area contributed by atoms with Gasteiger partial charge in [0.05, 0.1) is 25.7 Å². The number of fused-ring (bicyclic) bond motifs is 1. The van der Waals surface area contributed by atoms with Crippen LogP contribution in [0.4, 0.5) is 0 Å². The number of hydrogen-bond donors (Lipinski definition) is 1. The molecule has 0 saturated carbocycles. The molecule has 0 spiro atoms. The minimum absolute atomic E-state index is 0.175. The van der Waals surface area contributed by atoms with Crippen LogP contribution in [0.1, 0.15) is 27.9 Å². The lowest BCUT2D eigenvalue weighted by molar-refractivity contribution is -0.916. The second kappa shape index (κ2) is 7.29. The van der Waals surface area contributed by atoms with Gasteiger partial charge in [-0.05, 0) is 35.4 Å². The summed E-state index contributed by atoms with van der Waals surface area (Å²) in [6.07, 6.45) is 2.14. The molecule has 1 aliphatic rings. The Labute approximate surface area is 136 Å². The van der Waals surface area contributed by atoms with E-state index in [4.69, 9.17) is 4.74 Å². The molecule has 0 fully saturated rings. The number of rotatable bonds is 6. The first kappa shape index (κ1) is 15.6. The van der Waals surface area contributed by atoms with Crippen molar-refractivity contribution in [1.29, 1.82) is 0 Å². The van der Waals surface area contributed by atoms with Crippen LogP contribution in [0.25, 0.3) is 0 Å². The minimum atomic E-state index is -1.16. The fraction of sp³-hybridized carbons (Fsp3) is 0.316. The van der Waals surface area contributed by atoms with Crippen molar-refractivity contribution in [2.24, 2.45) is 0 Å². The normalized spacial score (nSPS) is 16.6. The van der Waals surface area contributed by atoms with Crippen LogP contribution >= 0.6 is 0 Å². The standard InChI is InChI=1S/C19H21NO3/c21-19(22)16-6-8-18(9-7-16)23-13-3-11-20-12-10-15-4-1-2-5-17(15)14-20/h1-2,4-9H,3,10-14H2,(H,21,22). The summed E-state index contributed by atoms with van der Waals surface area (Å²) in [5, 5.41) is 10.7. The molecule has 3 rings (SSSR count). The molecule has 0 bridgehead atoms. The average Bonchev–Trinajstić information content (AvgIpc) is 2.59. The highest BCUT2D eigenvalue weighted by Gasteiger charge is 2.18. The van der Waals surface area contributed by atoms with E-state index in [1.807, 2.05) is 0 Å². The Morgan fingerprint density at radius 2 is 1.83 bits per heavy atom. The smallest absolute Gasteiger partial charge is 0.119 e. The van der Waals surface area contributed by atoms with Crippen LogP contribution in [-0.4, -0.2) is 25.7 Å². The molecule has 2 aromatic rings. The third kappa shape index (κ3) is 4.11. The van der Waals surface area contributed by atoms with E-state index in [2.05, 4.69) is 24.3 Å². The van der Waals surface area contributed by atoms with Gasteiger partial charge in [0.25, 0.3) is 0 Å². The van der Waals surface area contributed by atoms with E-state index < -0.39 is 5.97 Å². The predicted molar refractivity (Wildman–Crippen MR) is 85.4 cm³/mol. The second-order valence-electron chi connectivity index (χ2n) is 5.96. The fourth-order valence-electron chi connectivity index (χ4n) is 3.06. The first-order valence-electron chi connectivity index (χ1n) is 8.07. The summed E-state index contributed by atoms with van der Waals surface area (Å²) in [7, 11) is 0. The van der Waals surface area contributed by atoms with E-state index >= 15 is 0 Å². The first-order valence-corrected chi connectivity index (χ1v) is 8.07. The van der Waals surface area contributed by atoms with Crippen molar-refractivity contribution in [3.05, 3.63) is 65.2 Å². The van der Waals surface area contributed by atoms with E-state index in [1.165, 1.54) is 29.8 Å². The highest BCUT2D eigenvalue weighted by Crippen LogP contribution is 2.12. The molecule has 1 aliphatic heterocycles. The number of carbonyl (C=O) groups excluding carboxylic acids is 1. The van der Waals surface area contributed by atoms with Gasteiger partial charge in [-0.2, -0.15) is 0 Å². The van der Waals surface area contributed by atoms with E-state index in [9.17, 15) is 9.90 Å². The molecule has 4 heteroatoms. The van der Waals surface area contributed by atoms with E-state index in [-0.39, 0.29) is 5.56 Å². The average molecular weight is 311 g/mol. The highest BCUT2D eigenvalue weighted by atomic mass is 16.5. The van der Waals surface area contributed by atoms with Gasteiger partial charge in [0.1, 0.15) is 12.3 Å². The van der Waals surface area contributed by atoms with Gasteiger partial charge in [0, 0.05) is 18.4 Å². The minimum Gasteiger partial charge on any atom is -0.545 e. The summed E-state index contributed by atoms with van der Waals surface area (Å²) in [6, 6.07) is 15.1. The molecular weight excluding hydrogens is 290 g/mol. The lowest BCUT2D eigenvalue weighted by Crippen LogP contribution is -3.11. The number of benzene rings is 2. The van der Waals surface area contributed by atoms with E-state index in [0.29, 0.717) is 12.4 Å². The van der Waals surface area contributed by atoms with Crippen molar-refractivity contribution in [3.8, 4) is 5.75 Å². The van der Waals surface area contributed by atoms with Crippen LogP contribution in [0.2, 0.25) is 0 Å². The molecule has 0 amide bonds. The molecule has 1 atom stereocenters. The summed E-state index contributed by atoms with van der Waals surface area (Å²) in [5.41, 5.74) is 3.13. The largest absolute Gasteiger partial charge is 0.545 e. The van der Waals surface area contributed by atoms with E-state index in [1.54, 1.807) is 17.0 Å². The molecule has 0 radical (unpaired) electrons. The zero-order valence-corrected chi connectivity index (χ0v) is 13.1. The van der Waals surface area contributed by atoms with Crippen LogP contribution < -0.4 is 14.7 Å². The maximum absolute atomic E-state index is 10.7. The molecule has 0 saturated heterocycles. The van der Waals surface area contributed by atoms with Crippen LogP contribution in [0.5, 0.6) is 5.75 Å². The SMILES string of the molecule is O=C([O-])c1ccc(OCCC[NH+]2CCc3ccccc3C2)cc1. The predicted octanol–water partition coefficient (Wildman–Crippen LogP) is 0.460. The zero-order valence-electron chi connectivity index (χ0n) is 13.1. The van der Waals surface area contributed by atoms with Gasteiger partial charge >= 0.3 is 0 Å². The summed E-state index contributed by atoms with van der Waals surface area (Å²) in [6.45, 7) is 4.01. The number of quaternary nitrogens is 1. The molecule has 1 N–H and O–H groups in total. The maximum Gasteiger partial charge on any atom is 0.119 e. The number of hydrogen-bond acceptors (Lipinski definition) is 3. The molecule has 1 heterocycles. The number of nitrogens with one attached hydrogen (secondary N) is 1. The zero-order chi connectivity index (χ0) is 16.1. The van der Waals surface area contributed by atoms with Gasteiger partial charge in [-0.1, -0.05) is 24.3 Å². The van der Waals surface area contributed by atoms with Crippen LogP contribution in [0.3, 0.4) is 0 Å². The van der Waals surface area contributed by atoms with Gasteiger partial charge in [0.15, 0.2) is 0 Å². The number of ether oxygens (including phenoxy) is 1. The second-order valence-corrected chi connectivity index (χ2v) is 5.96. The Hall–Kier alpha value is -2.33. The lowest BCUT2D eigenvalue weighted by Gasteiger charge is -2.25. The van der Waals surface area contributed by atoms with Gasteiger partial charge < -0.3 is 19.5 Å².